The summed E-state index contributed by atoms with van der Waals surface area (Å²) in [5.74, 6) is -0.672. The zero-order valence-electron chi connectivity index (χ0n) is 19.0. The first-order valence-electron chi connectivity index (χ1n) is 11.2. The topological polar surface area (TPSA) is 91.8 Å². The van der Waals surface area contributed by atoms with Crippen LogP contribution < -0.4 is 15.0 Å². The van der Waals surface area contributed by atoms with Crippen molar-refractivity contribution in [3.8, 4) is 11.6 Å². The van der Waals surface area contributed by atoms with Crippen molar-refractivity contribution in [1.29, 1.82) is 0 Å². The Labute approximate surface area is 201 Å². The number of benzene rings is 2. The number of fused-ring (bicyclic) bond motifs is 3. The van der Waals surface area contributed by atoms with Crippen molar-refractivity contribution in [1.82, 2.24) is 15.2 Å². The molecular formula is C26H23FN4O4. The second-order valence-corrected chi connectivity index (χ2v) is 8.66. The molecule has 3 aromatic rings. The molecule has 1 atom stereocenters. The highest BCUT2D eigenvalue weighted by Crippen LogP contribution is 2.43. The summed E-state index contributed by atoms with van der Waals surface area (Å²) in [5, 5.41) is 2.81. The van der Waals surface area contributed by atoms with Gasteiger partial charge >= 0.3 is 0 Å². The lowest BCUT2D eigenvalue weighted by Gasteiger charge is -2.48. The Balaban J connectivity index is 1.32. The minimum Gasteiger partial charge on any atom is -0.439 e. The molecule has 0 spiro atoms. The van der Waals surface area contributed by atoms with Gasteiger partial charge in [0.25, 0.3) is 5.91 Å². The third-order valence-electron chi connectivity index (χ3n) is 6.38. The number of carbonyl (C=O) groups excluding carboxylic acids is 3. The first-order chi connectivity index (χ1) is 16.9. The second kappa shape index (κ2) is 8.83. The number of amides is 3. The van der Waals surface area contributed by atoms with Gasteiger partial charge in [-0.2, -0.15) is 0 Å². The fraction of sp³-hybridized carbons (Fsp3) is 0.231. The van der Waals surface area contributed by atoms with Crippen LogP contribution in [0.5, 0.6) is 11.6 Å². The molecule has 1 N–H and O–H groups in total. The number of nitrogens with one attached hydrogen (secondary N) is 1. The summed E-state index contributed by atoms with van der Waals surface area (Å²) in [5.41, 5.74) is 0.642. The number of rotatable bonds is 6. The van der Waals surface area contributed by atoms with Crippen LogP contribution in [0.3, 0.4) is 0 Å². The maximum atomic E-state index is 13.5. The zero-order chi connectivity index (χ0) is 24.6. The average Bonchev–Trinajstić information content (AvgIpc) is 3.16. The SMILES string of the molecule is CC12CCC(=O)N1c1ccccc1C(=O)N2CC(=O)NCc1cccnc1Oc1cccc(F)c1. The van der Waals surface area contributed by atoms with Crippen LogP contribution in [-0.2, 0) is 16.1 Å². The molecule has 5 rings (SSSR count). The molecule has 35 heavy (non-hydrogen) atoms. The number of anilines is 1. The number of hydrogen-bond acceptors (Lipinski definition) is 5. The highest BCUT2D eigenvalue weighted by Gasteiger charge is 2.53. The molecule has 1 aromatic heterocycles. The van der Waals surface area contributed by atoms with Gasteiger partial charge in [-0.25, -0.2) is 9.37 Å². The predicted molar refractivity (Wildman–Crippen MR) is 125 cm³/mol. The molecule has 2 aliphatic heterocycles. The van der Waals surface area contributed by atoms with Crippen LogP contribution in [0.4, 0.5) is 10.1 Å². The van der Waals surface area contributed by atoms with Gasteiger partial charge in [0.1, 0.15) is 23.8 Å². The third kappa shape index (κ3) is 4.09. The first-order valence-corrected chi connectivity index (χ1v) is 11.2. The third-order valence-corrected chi connectivity index (χ3v) is 6.38. The molecule has 1 fully saturated rings. The minimum absolute atomic E-state index is 0.0765. The number of hydrogen-bond donors (Lipinski definition) is 1. The summed E-state index contributed by atoms with van der Waals surface area (Å²) in [4.78, 5) is 46.2. The molecule has 2 aromatic carbocycles. The predicted octanol–water partition coefficient (Wildman–Crippen LogP) is 3.63. The highest BCUT2D eigenvalue weighted by atomic mass is 19.1. The van der Waals surface area contributed by atoms with Gasteiger partial charge in [0.05, 0.1) is 11.3 Å². The Bertz CT molecular complexity index is 1330. The van der Waals surface area contributed by atoms with E-state index in [1.807, 2.05) is 6.92 Å². The van der Waals surface area contributed by atoms with Crippen molar-refractivity contribution in [2.45, 2.75) is 32.0 Å². The molecule has 0 aliphatic carbocycles. The Morgan fingerprint density at radius 1 is 1.14 bits per heavy atom. The number of aromatic nitrogens is 1. The van der Waals surface area contributed by atoms with Crippen LogP contribution in [0.1, 0.15) is 35.7 Å². The van der Waals surface area contributed by atoms with Crippen LogP contribution in [0.25, 0.3) is 0 Å². The molecule has 1 saturated heterocycles. The van der Waals surface area contributed by atoms with Crippen molar-refractivity contribution in [2.24, 2.45) is 0 Å². The van der Waals surface area contributed by atoms with E-state index in [0.29, 0.717) is 29.7 Å². The van der Waals surface area contributed by atoms with E-state index >= 15 is 0 Å². The van der Waals surface area contributed by atoms with Gasteiger partial charge in [0.15, 0.2) is 0 Å². The molecule has 0 radical (unpaired) electrons. The molecule has 9 heteroatoms. The lowest BCUT2D eigenvalue weighted by molar-refractivity contribution is -0.124. The standard InChI is InChI=1S/C26H23FN4O4/c1-26-12-11-23(33)31(26)21-10-3-2-9-20(21)25(34)30(26)16-22(32)29-15-17-6-5-13-28-24(17)35-19-8-4-7-18(27)14-19/h2-10,13-14H,11-12,15-16H2,1H3,(H,29,32). The van der Waals surface area contributed by atoms with Crippen LogP contribution in [0.15, 0.2) is 66.9 Å². The number of pyridine rings is 1. The normalized spacial score (nSPS) is 18.8. The number of para-hydroxylation sites is 1. The van der Waals surface area contributed by atoms with E-state index in [9.17, 15) is 18.8 Å². The first kappa shape index (κ1) is 22.5. The fourth-order valence-electron chi connectivity index (χ4n) is 4.63. The van der Waals surface area contributed by atoms with Crippen LogP contribution in [-0.4, -0.2) is 39.8 Å². The molecule has 178 valence electrons. The lowest BCUT2D eigenvalue weighted by Crippen LogP contribution is -2.63. The van der Waals surface area contributed by atoms with Gasteiger partial charge in [0, 0.05) is 30.8 Å². The summed E-state index contributed by atoms with van der Waals surface area (Å²) in [6.07, 6.45) is 2.27. The maximum Gasteiger partial charge on any atom is 0.258 e. The van der Waals surface area contributed by atoms with E-state index < -0.39 is 11.5 Å². The van der Waals surface area contributed by atoms with E-state index in [-0.39, 0.29) is 42.4 Å². The van der Waals surface area contributed by atoms with Gasteiger partial charge in [0.2, 0.25) is 17.7 Å². The minimum atomic E-state index is -0.917. The van der Waals surface area contributed by atoms with Crippen molar-refractivity contribution >= 4 is 23.4 Å². The summed E-state index contributed by atoms with van der Waals surface area (Å²) < 4.78 is 19.2. The Hall–Kier alpha value is -4.27. The van der Waals surface area contributed by atoms with Crippen molar-refractivity contribution < 1.29 is 23.5 Å². The molecule has 0 bridgehead atoms. The van der Waals surface area contributed by atoms with Crippen molar-refractivity contribution in [3.05, 3.63) is 83.8 Å². The molecule has 3 heterocycles. The van der Waals surface area contributed by atoms with Crippen molar-refractivity contribution in [2.75, 3.05) is 11.4 Å². The smallest absolute Gasteiger partial charge is 0.258 e. The molecule has 2 aliphatic rings. The van der Waals surface area contributed by atoms with Crippen LogP contribution >= 0.6 is 0 Å². The number of carbonyl (C=O) groups is 3. The summed E-state index contributed by atoms with van der Waals surface area (Å²) in [7, 11) is 0. The molecule has 1 unspecified atom stereocenters. The summed E-state index contributed by atoms with van der Waals surface area (Å²) in [6, 6.07) is 16.1. The lowest BCUT2D eigenvalue weighted by atomic mass is 9.98. The van der Waals surface area contributed by atoms with Gasteiger partial charge in [-0.1, -0.05) is 24.3 Å². The van der Waals surface area contributed by atoms with Crippen LogP contribution in [0.2, 0.25) is 0 Å². The van der Waals surface area contributed by atoms with Gasteiger partial charge < -0.3 is 15.0 Å². The Morgan fingerprint density at radius 3 is 2.80 bits per heavy atom. The van der Waals surface area contributed by atoms with E-state index in [4.69, 9.17) is 4.74 Å². The molecule has 3 amide bonds. The number of nitrogens with zero attached hydrogens (tertiary/aromatic N) is 3. The largest absolute Gasteiger partial charge is 0.439 e. The molecular weight excluding hydrogens is 451 g/mol. The van der Waals surface area contributed by atoms with Crippen LogP contribution in [0, 0.1) is 5.82 Å². The highest BCUT2D eigenvalue weighted by molar-refractivity contribution is 6.11. The summed E-state index contributed by atoms with van der Waals surface area (Å²) >= 11 is 0. The summed E-state index contributed by atoms with van der Waals surface area (Å²) in [6.45, 7) is 1.69. The second-order valence-electron chi connectivity index (χ2n) is 8.66. The number of halogens is 1. The van der Waals surface area contributed by atoms with E-state index in [0.717, 1.165) is 0 Å². The van der Waals surface area contributed by atoms with Gasteiger partial charge in [-0.15, -0.1) is 0 Å². The number of ether oxygens (including phenoxy) is 1. The molecule has 8 nitrogen and oxygen atoms in total. The van der Waals surface area contributed by atoms with E-state index in [2.05, 4.69) is 10.3 Å². The van der Waals surface area contributed by atoms with Gasteiger partial charge in [-0.05, 0) is 43.7 Å². The monoisotopic (exact) mass is 474 g/mol. The van der Waals surface area contributed by atoms with Crippen molar-refractivity contribution in [3.63, 3.8) is 0 Å². The van der Waals surface area contributed by atoms with Gasteiger partial charge in [-0.3, -0.25) is 19.3 Å². The quantitative estimate of drug-likeness (QED) is 0.589. The van der Waals surface area contributed by atoms with E-state index in [1.54, 1.807) is 47.4 Å². The Kier molecular flexibility index (Phi) is 5.68. The maximum absolute atomic E-state index is 13.5. The molecule has 0 saturated carbocycles. The van der Waals surface area contributed by atoms with E-state index in [1.165, 1.54) is 29.3 Å². The average molecular weight is 474 g/mol. The Morgan fingerprint density at radius 2 is 1.97 bits per heavy atom. The zero-order valence-corrected chi connectivity index (χ0v) is 19.0. The fourth-order valence-corrected chi connectivity index (χ4v) is 4.63.